The first-order valence-corrected chi connectivity index (χ1v) is 7.26. The van der Waals surface area contributed by atoms with Gasteiger partial charge < -0.3 is 16.0 Å². The number of benzene rings is 2. The van der Waals surface area contributed by atoms with E-state index in [1.807, 2.05) is 25.1 Å². The highest BCUT2D eigenvalue weighted by Gasteiger charge is 2.07. The number of carbonyl (C=O) groups is 2. The second-order valence-corrected chi connectivity index (χ2v) is 4.92. The van der Waals surface area contributed by atoms with Gasteiger partial charge in [0.2, 0.25) is 5.91 Å². The minimum Gasteiger partial charge on any atom is -0.329 e. The first-order valence-electron chi connectivity index (χ1n) is 7.26. The van der Waals surface area contributed by atoms with Gasteiger partial charge in [-0.05, 0) is 42.3 Å². The summed E-state index contributed by atoms with van der Waals surface area (Å²) in [7, 11) is 0. The highest BCUT2D eigenvalue weighted by molar-refractivity contribution is 5.96. The molecule has 2 aromatic carbocycles. The highest BCUT2D eigenvalue weighted by Crippen LogP contribution is 2.11. The van der Waals surface area contributed by atoms with Crippen molar-refractivity contribution in [1.29, 1.82) is 0 Å². The summed E-state index contributed by atoms with van der Waals surface area (Å²) in [5, 5.41) is 7.60. The quantitative estimate of drug-likeness (QED) is 0.793. The molecular formula is C17H18FN3O2. The summed E-state index contributed by atoms with van der Waals surface area (Å²) in [5.41, 5.74) is 2.10. The van der Waals surface area contributed by atoms with Crippen molar-refractivity contribution < 1.29 is 14.0 Å². The fourth-order valence-electron chi connectivity index (χ4n) is 1.98. The van der Waals surface area contributed by atoms with Crippen LogP contribution in [0.1, 0.15) is 12.5 Å². The molecule has 120 valence electrons. The fraction of sp³-hybridized carbons (Fsp3) is 0.176. The Morgan fingerprint density at radius 1 is 1.00 bits per heavy atom. The van der Waals surface area contributed by atoms with E-state index >= 15 is 0 Å². The van der Waals surface area contributed by atoms with E-state index in [1.54, 1.807) is 12.1 Å². The summed E-state index contributed by atoms with van der Waals surface area (Å²) in [4.78, 5) is 23.5. The molecule has 0 aliphatic rings. The first-order chi connectivity index (χ1) is 11.1. The average Bonchev–Trinajstić information content (AvgIpc) is 2.53. The number of hydrogen-bond donors (Lipinski definition) is 3. The first kappa shape index (κ1) is 16.5. The largest absolute Gasteiger partial charge is 0.329 e. The van der Waals surface area contributed by atoms with Crippen LogP contribution < -0.4 is 16.0 Å². The maximum absolute atomic E-state index is 13.0. The molecule has 0 bridgehead atoms. The van der Waals surface area contributed by atoms with Crippen LogP contribution in [0.5, 0.6) is 0 Å². The molecule has 5 nitrogen and oxygen atoms in total. The summed E-state index contributed by atoms with van der Waals surface area (Å²) in [6, 6.07) is 12.5. The van der Waals surface area contributed by atoms with Gasteiger partial charge in [0.1, 0.15) is 5.82 Å². The molecule has 0 aromatic heterocycles. The van der Waals surface area contributed by atoms with E-state index in [9.17, 15) is 14.0 Å². The van der Waals surface area contributed by atoms with Crippen LogP contribution in [0.3, 0.4) is 0 Å². The summed E-state index contributed by atoms with van der Waals surface area (Å²) < 4.78 is 13.0. The SMILES string of the molecule is CCc1cccc(NC(=O)NCC(=O)Nc2cccc(F)c2)c1. The van der Waals surface area contributed by atoms with Gasteiger partial charge >= 0.3 is 6.03 Å². The predicted molar refractivity (Wildman–Crippen MR) is 87.9 cm³/mol. The van der Waals surface area contributed by atoms with Gasteiger partial charge in [-0.25, -0.2) is 9.18 Å². The van der Waals surface area contributed by atoms with Crippen molar-refractivity contribution in [2.24, 2.45) is 0 Å². The number of carbonyl (C=O) groups excluding carboxylic acids is 2. The Labute approximate surface area is 133 Å². The van der Waals surface area contributed by atoms with Crippen molar-refractivity contribution in [2.75, 3.05) is 17.2 Å². The molecule has 2 aromatic rings. The van der Waals surface area contributed by atoms with E-state index in [-0.39, 0.29) is 6.54 Å². The predicted octanol–water partition coefficient (Wildman–Crippen LogP) is 3.15. The highest BCUT2D eigenvalue weighted by atomic mass is 19.1. The molecule has 0 heterocycles. The van der Waals surface area contributed by atoms with Gasteiger partial charge in [-0.2, -0.15) is 0 Å². The lowest BCUT2D eigenvalue weighted by molar-refractivity contribution is -0.115. The van der Waals surface area contributed by atoms with Gasteiger partial charge in [0.05, 0.1) is 6.54 Å². The number of aryl methyl sites for hydroxylation is 1. The Morgan fingerprint density at radius 2 is 1.70 bits per heavy atom. The standard InChI is InChI=1S/C17H18FN3O2/c1-2-12-5-3-7-14(9-12)21-17(23)19-11-16(22)20-15-8-4-6-13(18)10-15/h3-10H,2,11H2,1H3,(H,20,22)(H2,19,21,23). The van der Waals surface area contributed by atoms with Crippen LogP contribution in [0.2, 0.25) is 0 Å². The molecular weight excluding hydrogens is 297 g/mol. The van der Waals surface area contributed by atoms with Gasteiger partial charge in [-0.15, -0.1) is 0 Å². The molecule has 0 saturated carbocycles. The number of amides is 3. The Hall–Kier alpha value is -2.89. The van der Waals surface area contributed by atoms with Crippen LogP contribution in [0.15, 0.2) is 48.5 Å². The monoisotopic (exact) mass is 315 g/mol. The third-order valence-electron chi connectivity index (χ3n) is 3.11. The zero-order chi connectivity index (χ0) is 16.7. The van der Waals surface area contributed by atoms with Crippen molar-refractivity contribution in [3.8, 4) is 0 Å². The molecule has 0 saturated heterocycles. The molecule has 3 amide bonds. The van der Waals surface area contributed by atoms with E-state index in [1.165, 1.54) is 18.2 Å². The fourth-order valence-corrected chi connectivity index (χ4v) is 1.98. The maximum Gasteiger partial charge on any atom is 0.319 e. The molecule has 3 N–H and O–H groups in total. The summed E-state index contributed by atoms with van der Waals surface area (Å²) in [6.45, 7) is 1.81. The minimum atomic E-state index is -0.479. The van der Waals surface area contributed by atoms with Gasteiger partial charge in [0, 0.05) is 11.4 Å². The number of urea groups is 1. The van der Waals surface area contributed by atoms with E-state index in [0.717, 1.165) is 12.0 Å². The van der Waals surface area contributed by atoms with Gasteiger partial charge in [0.25, 0.3) is 0 Å². The van der Waals surface area contributed by atoms with E-state index < -0.39 is 17.8 Å². The molecule has 0 fully saturated rings. The molecule has 6 heteroatoms. The lowest BCUT2D eigenvalue weighted by atomic mass is 10.1. The second-order valence-electron chi connectivity index (χ2n) is 4.92. The smallest absolute Gasteiger partial charge is 0.319 e. The minimum absolute atomic E-state index is 0.212. The van der Waals surface area contributed by atoms with Crippen LogP contribution >= 0.6 is 0 Å². The summed E-state index contributed by atoms with van der Waals surface area (Å²) >= 11 is 0. The Balaban J connectivity index is 1.80. The molecule has 0 radical (unpaired) electrons. The summed E-state index contributed by atoms with van der Waals surface area (Å²) in [6.07, 6.45) is 0.868. The average molecular weight is 315 g/mol. The van der Waals surface area contributed by atoms with Crippen molar-refractivity contribution in [1.82, 2.24) is 5.32 Å². The molecule has 0 aliphatic carbocycles. The Bertz CT molecular complexity index is 704. The molecule has 0 unspecified atom stereocenters. The van der Waals surface area contributed by atoms with Gasteiger partial charge in [-0.1, -0.05) is 25.1 Å². The zero-order valence-corrected chi connectivity index (χ0v) is 12.7. The summed E-state index contributed by atoms with van der Waals surface area (Å²) in [5.74, 6) is -0.877. The van der Waals surface area contributed by atoms with Crippen molar-refractivity contribution >= 4 is 23.3 Å². The topological polar surface area (TPSA) is 70.2 Å². The van der Waals surface area contributed by atoms with E-state index in [2.05, 4.69) is 16.0 Å². The number of rotatable bonds is 5. The number of halogens is 1. The van der Waals surface area contributed by atoms with Crippen molar-refractivity contribution in [2.45, 2.75) is 13.3 Å². The van der Waals surface area contributed by atoms with E-state index in [4.69, 9.17) is 0 Å². The number of nitrogens with one attached hydrogen (secondary N) is 3. The van der Waals surface area contributed by atoms with Gasteiger partial charge in [-0.3, -0.25) is 4.79 Å². The van der Waals surface area contributed by atoms with Crippen molar-refractivity contribution in [3.05, 3.63) is 59.9 Å². The van der Waals surface area contributed by atoms with Crippen LogP contribution in [-0.4, -0.2) is 18.5 Å². The zero-order valence-electron chi connectivity index (χ0n) is 12.7. The molecule has 0 atom stereocenters. The lowest BCUT2D eigenvalue weighted by Crippen LogP contribution is -2.35. The molecule has 0 aliphatic heterocycles. The third-order valence-corrected chi connectivity index (χ3v) is 3.11. The Morgan fingerprint density at radius 3 is 2.39 bits per heavy atom. The van der Waals surface area contributed by atoms with Gasteiger partial charge in [0.15, 0.2) is 0 Å². The lowest BCUT2D eigenvalue weighted by Gasteiger charge is -2.09. The normalized spacial score (nSPS) is 10.0. The molecule has 23 heavy (non-hydrogen) atoms. The maximum atomic E-state index is 13.0. The van der Waals surface area contributed by atoms with Crippen LogP contribution in [0.4, 0.5) is 20.6 Å². The van der Waals surface area contributed by atoms with Crippen molar-refractivity contribution in [3.63, 3.8) is 0 Å². The van der Waals surface area contributed by atoms with Crippen LogP contribution in [0, 0.1) is 5.82 Å². The Kier molecular flexibility index (Phi) is 5.68. The third kappa shape index (κ3) is 5.43. The van der Waals surface area contributed by atoms with Crippen LogP contribution in [0.25, 0.3) is 0 Å². The second kappa shape index (κ2) is 7.93. The van der Waals surface area contributed by atoms with Crippen LogP contribution in [-0.2, 0) is 11.2 Å². The molecule has 2 rings (SSSR count). The number of anilines is 2. The van der Waals surface area contributed by atoms with E-state index in [0.29, 0.717) is 11.4 Å². The number of hydrogen-bond acceptors (Lipinski definition) is 2. The molecule has 0 spiro atoms.